The van der Waals surface area contributed by atoms with Gasteiger partial charge in [-0.1, -0.05) is 5.21 Å². The summed E-state index contributed by atoms with van der Waals surface area (Å²) in [5.74, 6) is 0.147. The lowest BCUT2D eigenvalue weighted by Gasteiger charge is -2.14. The van der Waals surface area contributed by atoms with Gasteiger partial charge in [0.25, 0.3) is 0 Å². The molecule has 12 heavy (non-hydrogen) atoms. The molecular formula is C8H10N4. The second-order valence-corrected chi connectivity index (χ2v) is 3.18. The Hall–Kier alpha value is -1.37. The zero-order valence-corrected chi connectivity index (χ0v) is 6.99. The molecule has 0 radical (unpaired) electrons. The van der Waals surface area contributed by atoms with Crippen LogP contribution in [0.25, 0.3) is 0 Å². The molecule has 0 spiro atoms. The minimum Gasteiger partial charge on any atom is -0.252 e. The minimum atomic E-state index is 0.147. The number of rotatable bonds is 0. The zero-order chi connectivity index (χ0) is 8.55. The first kappa shape index (κ1) is 7.29. The van der Waals surface area contributed by atoms with Crippen LogP contribution in [0.15, 0.2) is 0 Å². The fourth-order valence-electron chi connectivity index (χ4n) is 1.64. The molecule has 1 aromatic rings. The normalized spacial score (nSPS) is 21.5. The van der Waals surface area contributed by atoms with E-state index in [1.165, 1.54) is 5.69 Å². The fraction of sp³-hybridized carbons (Fsp3) is 0.625. The largest absolute Gasteiger partial charge is 0.252 e. The molecule has 2 rings (SSSR count). The summed E-state index contributed by atoms with van der Waals surface area (Å²) in [4.78, 5) is 0. The lowest BCUT2D eigenvalue weighted by Crippen LogP contribution is -2.14. The molecule has 0 bridgehead atoms. The lowest BCUT2D eigenvalue weighted by atomic mass is 9.91. The van der Waals surface area contributed by atoms with Crippen molar-refractivity contribution in [2.24, 2.45) is 13.0 Å². The van der Waals surface area contributed by atoms with Crippen molar-refractivity contribution >= 4 is 0 Å². The van der Waals surface area contributed by atoms with Crippen LogP contribution in [0.1, 0.15) is 17.8 Å². The highest BCUT2D eigenvalue weighted by Gasteiger charge is 2.22. The van der Waals surface area contributed by atoms with E-state index in [1.807, 2.05) is 11.7 Å². The van der Waals surface area contributed by atoms with Crippen LogP contribution < -0.4 is 0 Å². The molecular weight excluding hydrogens is 152 g/mol. The van der Waals surface area contributed by atoms with Gasteiger partial charge >= 0.3 is 0 Å². The molecule has 1 aliphatic rings. The maximum atomic E-state index is 8.72. The summed E-state index contributed by atoms with van der Waals surface area (Å²) in [6, 6.07) is 2.28. The smallest absolute Gasteiger partial charge is 0.0872 e. The first-order chi connectivity index (χ1) is 5.81. The van der Waals surface area contributed by atoms with Gasteiger partial charge in [0.15, 0.2) is 0 Å². The molecule has 1 atom stereocenters. The molecule has 0 saturated heterocycles. The van der Waals surface area contributed by atoms with Crippen LogP contribution >= 0.6 is 0 Å². The van der Waals surface area contributed by atoms with E-state index in [0.717, 1.165) is 25.0 Å². The summed E-state index contributed by atoms with van der Waals surface area (Å²) in [7, 11) is 1.90. The van der Waals surface area contributed by atoms with Crippen molar-refractivity contribution in [1.29, 1.82) is 5.26 Å². The van der Waals surface area contributed by atoms with Crippen LogP contribution in [0.2, 0.25) is 0 Å². The topological polar surface area (TPSA) is 54.5 Å². The van der Waals surface area contributed by atoms with E-state index < -0.39 is 0 Å². The van der Waals surface area contributed by atoms with E-state index in [-0.39, 0.29) is 5.92 Å². The van der Waals surface area contributed by atoms with Gasteiger partial charge in [-0.05, 0) is 12.8 Å². The average Bonchev–Trinajstić information content (AvgIpc) is 2.47. The lowest BCUT2D eigenvalue weighted by molar-refractivity contribution is 0.539. The van der Waals surface area contributed by atoms with E-state index in [4.69, 9.17) is 5.26 Å². The van der Waals surface area contributed by atoms with Gasteiger partial charge in [0.1, 0.15) is 0 Å². The van der Waals surface area contributed by atoms with E-state index in [1.54, 1.807) is 0 Å². The van der Waals surface area contributed by atoms with Gasteiger partial charge in [0.2, 0.25) is 0 Å². The van der Waals surface area contributed by atoms with Crippen LogP contribution in [0.5, 0.6) is 0 Å². The van der Waals surface area contributed by atoms with Crippen LogP contribution in [-0.2, 0) is 19.9 Å². The monoisotopic (exact) mass is 162 g/mol. The highest BCUT2D eigenvalue weighted by atomic mass is 15.4. The van der Waals surface area contributed by atoms with Gasteiger partial charge in [-0.15, -0.1) is 5.10 Å². The van der Waals surface area contributed by atoms with Crippen LogP contribution in [0, 0.1) is 17.2 Å². The maximum Gasteiger partial charge on any atom is 0.0872 e. The third kappa shape index (κ3) is 0.981. The molecule has 0 N–H and O–H groups in total. The van der Waals surface area contributed by atoms with Crippen molar-refractivity contribution in [2.75, 3.05) is 0 Å². The number of nitriles is 1. The number of aromatic nitrogens is 3. The summed E-state index contributed by atoms with van der Waals surface area (Å²) in [6.45, 7) is 0. The maximum absolute atomic E-state index is 8.72. The minimum absolute atomic E-state index is 0.147. The van der Waals surface area contributed by atoms with Crippen molar-refractivity contribution in [1.82, 2.24) is 15.0 Å². The highest BCUT2D eigenvalue weighted by molar-refractivity contribution is 5.16. The van der Waals surface area contributed by atoms with Gasteiger partial charge in [-0.25, -0.2) is 0 Å². The fourth-order valence-corrected chi connectivity index (χ4v) is 1.64. The molecule has 1 heterocycles. The molecule has 1 aromatic heterocycles. The number of hydrogen-bond donors (Lipinski definition) is 0. The molecule has 0 amide bonds. The molecule has 4 nitrogen and oxygen atoms in total. The summed E-state index contributed by atoms with van der Waals surface area (Å²) in [5.41, 5.74) is 2.21. The SMILES string of the molecule is Cn1nnc2c1CCC(C#N)C2. The Kier molecular flexibility index (Phi) is 1.58. The number of nitrogens with zero attached hydrogens (tertiary/aromatic N) is 4. The van der Waals surface area contributed by atoms with Crippen molar-refractivity contribution in [3.63, 3.8) is 0 Å². The third-order valence-corrected chi connectivity index (χ3v) is 2.38. The first-order valence-corrected chi connectivity index (χ1v) is 4.08. The third-order valence-electron chi connectivity index (χ3n) is 2.38. The number of fused-ring (bicyclic) bond motifs is 1. The summed E-state index contributed by atoms with van der Waals surface area (Å²) in [5, 5.41) is 16.7. The first-order valence-electron chi connectivity index (χ1n) is 4.08. The molecule has 0 fully saturated rings. The molecule has 4 heteroatoms. The number of hydrogen-bond acceptors (Lipinski definition) is 3. The van der Waals surface area contributed by atoms with Crippen LogP contribution in [0.3, 0.4) is 0 Å². The van der Waals surface area contributed by atoms with Gasteiger partial charge in [0.05, 0.1) is 23.4 Å². The van der Waals surface area contributed by atoms with Crippen LogP contribution in [-0.4, -0.2) is 15.0 Å². The van der Waals surface area contributed by atoms with Crippen LogP contribution in [0.4, 0.5) is 0 Å². The zero-order valence-electron chi connectivity index (χ0n) is 6.99. The predicted octanol–water partition coefficient (Wildman–Crippen LogP) is 0.444. The van der Waals surface area contributed by atoms with Gasteiger partial charge in [-0.3, -0.25) is 4.68 Å². The Balaban J connectivity index is 2.31. The second kappa shape index (κ2) is 2.59. The van der Waals surface area contributed by atoms with Crippen molar-refractivity contribution in [3.05, 3.63) is 11.4 Å². The molecule has 0 aliphatic heterocycles. The van der Waals surface area contributed by atoms with Crippen molar-refractivity contribution in [2.45, 2.75) is 19.3 Å². The van der Waals surface area contributed by atoms with Crippen molar-refractivity contribution in [3.8, 4) is 6.07 Å². The Morgan fingerprint density at radius 3 is 3.25 bits per heavy atom. The molecule has 62 valence electrons. The predicted molar refractivity (Wildman–Crippen MR) is 42.1 cm³/mol. The molecule has 0 saturated carbocycles. The Morgan fingerprint density at radius 2 is 2.50 bits per heavy atom. The Morgan fingerprint density at radius 1 is 1.67 bits per heavy atom. The van der Waals surface area contributed by atoms with E-state index in [9.17, 15) is 0 Å². The van der Waals surface area contributed by atoms with Gasteiger partial charge in [0, 0.05) is 13.5 Å². The summed E-state index contributed by atoms with van der Waals surface area (Å²) in [6.07, 6.45) is 2.67. The van der Waals surface area contributed by atoms with Crippen molar-refractivity contribution < 1.29 is 0 Å². The molecule has 1 unspecified atom stereocenters. The van der Waals surface area contributed by atoms with E-state index in [0.29, 0.717) is 0 Å². The Bertz CT molecular complexity index is 333. The summed E-state index contributed by atoms with van der Waals surface area (Å²) < 4.78 is 1.81. The van der Waals surface area contributed by atoms with E-state index >= 15 is 0 Å². The second-order valence-electron chi connectivity index (χ2n) is 3.18. The van der Waals surface area contributed by atoms with E-state index in [2.05, 4.69) is 16.4 Å². The summed E-state index contributed by atoms with van der Waals surface area (Å²) >= 11 is 0. The quantitative estimate of drug-likeness (QED) is 0.556. The highest BCUT2D eigenvalue weighted by Crippen LogP contribution is 2.22. The van der Waals surface area contributed by atoms with Gasteiger partial charge in [-0.2, -0.15) is 5.26 Å². The molecule has 1 aliphatic carbocycles. The molecule has 0 aromatic carbocycles. The number of aryl methyl sites for hydroxylation is 1. The standard InChI is InChI=1S/C8H10N4/c1-12-8-3-2-6(5-9)4-7(8)10-11-12/h6H,2-4H2,1H3. The average molecular weight is 162 g/mol. The van der Waals surface area contributed by atoms with Gasteiger partial charge < -0.3 is 0 Å². The Labute approximate surface area is 70.8 Å².